The fourth-order valence-corrected chi connectivity index (χ4v) is 2.86. The number of amides is 1. The van der Waals surface area contributed by atoms with Crippen molar-refractivity contribution >= 4 is 11.7 Å². The van der Waals surface area contributed by atoms with Crippen LogP contribution in [0, 0.1) is 5.41 Å². The summed E-state index contributed by atoms with van der Waals surface area (Å²) in [6, 6.07) is 7.46. The average molecular weight is 302 g/mol. The molecule has 4 N–H and O–H groups in total. The van der Waals surface area contributed by atoms with Crippen LogP contribution in [-0.2, 0) is 11.3 Å². The van der Waals surface area contributed by atoms with Crippen molar-refractivity contribution in [3.05, 3.63) is 35.4 Å². The van der Waals surface area contributed by atoms with Gasteiger partial charge in [-0.1, -0.05) is 37.6 Å². The van der Waals surface area contributed by atoms with Crippen LogP contribution in [0.3, 0.4) is 0 Å². The number of likely N-dealkylation sites (tertiary alicyclic amines) is 1. The van der Waals surface area contributed by atoms with E-state index in [1.807, 2.05) is 24.3 Å². The average Bonchev–Trinajstić information content (AvgIpc) is 2.99. The van der Waals surface area contributed by atoms with E-state index in [0.717, 1.165) is 44.3 Å². The molecule has 120 valence electrons. The lowest BCUT2D eigenvalue weighted by atomic mass is 10.1. The summed E-state index contributed by atoms with van der Waals surface area (Å²) in [5, 5.41) is 10.4. The van der Waals surface area contributed by atoms with E-state index in [4.69, 9.17) is 11.1 Å². The summed E-state index contributed by atoms with van der Waals surface area (Å²) in [7, 11) is 0. The number of nitrogens with two attached hydrogens (primary N) is 1. The summed E-state index contributed by atoms with van der Waals surface area (Å²) < 4.78 is 0. The Morgan fingerprint density at radius 1 is 1.41 bits per heavy atom. The molecule has 22 heavy (non-hydrogen) atoms. The van der Waals surface area contributed by atoms with Gasteiger partial charge in [0.2, 0.25) is 5.91 Å². The Hall–Kier alpha value is -1.88. The molecule has 5 heteroatoms. The van der Waals surface area contributed by atoms with E-state index in [0.29, 0.717) is 12.1 Å². The van der Waals surface area contributed by atoms with Crippen LogP contribution in [0.15, 0.2) is 24.3 Å². The first-order valence-corrected chi connectivity index (χ1v) is 8.07. The number of hydrogen-bond donors (Lipinski definition) is 3. The van der Waals surface area contributed by atoms with Crippen LogP contribution in [0.2, 0.25) is 0 Å². The van der Waals surface area contributed by atoms with Gasteiger partial charge in [-0.3, -0.25) is 15.1 Å². The van der Waals surface area contributed by atoms with E-state index in [-0.39, 0.29) is 17.8 Å². The second kappa shape index (κ2) is 7.94. The molecule has 0 radical (unpaired) electrons. The number of unbranched alkanes of at least 4 members (excludes halogenated alkanes) is 1. The summed E-state index contributed by atoms with van der Waals surface area (Å²) in [6.45, 7) is 4.75. The number of carbonyl (C=O) groups excluding carboxylic acids is 1. The SMILES string of the molecule is CCCCN1CCC[C@H]1C(=O)NCc1ccc(C(=N)N)cc1. The van der Waals surface area contributed by atoms with Crippen molar-refractivity contribution in [3.63, 3.8) is 0 Å². The molecule has 5 nitrogen and oxygen atoms in total. The topological polar surface area (TPSA) is 82.2 Å². The lowest BCUT2D eigenvalue weighted by Crippen LogP contribution is -2.43. The zero-order chi connectivity index (χ0) is 15.9. The van der Waals surface area contributed by atoms with Gasteiger partial charge in [0.1, 0.15) is 5.84 Å². The molecule has 1 aromatic rings. The highest BCUT2D eigenvalue weighted by atomic mass is 16.2. The van der Waals surface area contributed by atoms with E-state index in [2.05, 4.69) is 17.1 Å². The third-order valence-electron chi connectivity index (χ3n) is 4.20. The van der Waals surface area contributed by atoms with E-state index in [1.54, 1.807) is 0 Å². The third kappa shape index (κ3) is 4.31. The molecular weight excluding hydrogens is 276 g/mol. The molecular formula is C17H26N4O. The molecule has 0 spiro atoms. The van der Waals surface area contributed by atoms with E-state index in [1.165, 1.54) is 0 Å². The predicted octanol–water partition coefficient (Wildman–Crippen LogP) is 1.85. The van der Waals surface area contributed by atoms with Gasteiger partial charge in [0, 0.05) is 12.1 Å². The van der Waals surface area contributed by atoms with Crippen molar-refractivity contribution in [3.8, 4) is 0 Å². The Labute approximate surface area is 132 Å². The number of rotatable bonds is 7. The molecule has 1 amide bonds. The first-order chi connectivity index (χ1) is 10.6. The Kier molecular flexibility index (Phi) is 5.95. The Morgan fingerprint density at radius 3 is 2.77 bits per heavy atom. The van der Waals surface area contributed by atoms with Crippen LogP contribution < -0.4 is 11.1 Å². The minimum absolute atomic E-state index is 0.0306. The summed E-state index contributed by atoms with van der Waals surface area (Å²) in [5.74, 6) is 0.192. The van der Waals surface area contributed by atoms with Gasteiger partial charge in [0.05, 0.1) is 6.04 Å². The van der Waals surface area contributed by atoms with Gasteiger partial charge in [-0.05, 0) is 37.9 Å². The van der Waals surface area contributed by atoms with Gasteiger partial charge in [-0.2, -0.15) is 0 Å². The Bertz CT molecular complexity index is 512. The number of amidine groups is 1. The van der Waals surface area contributed by atoms with E-state index in [9.17, 15) is 4.79 Å². The van der Waals surface area contributed by atoms with Crippen LogP contribution >= 0.6 is 0 Å². The maximum Gasteiger partial charge on any atom is 0.237 e. The number of benzene rings is 1. The van der Waals surface area contributed by atoms with Gasteiger partial charge in [0.15, 0.2) is 0 Å². The van der Waals surface area contributed by atoms with Crippen LogP contribution in [0.1, 0.15) is 43.7 Å². The fraction of sp³-hybridized carbons (Fsp3) is 0.529. The molecule has 1 aliphatic rings. The minimum atomic E-state index is 0.0306. The smallest absolute Gasteiger partial charge is 0.237 e. The highest BCUT2D eigenvalue weighted by Crippen LogP contribution is 2.18. The van der Waals surface area contributed by atoms with Crippen LogP contribution in [0.4, 0.5) is 0 Å². The summed E-state index contributed by atoms with van der Waals surface area (Å²) >= 11 is 0. The largest absolute Gasteiger partial charge is 0.384 e. The number of hydrogen-bond acceptors (Lipinski definition) is 3. The van der Waals surface area contributed by atoms with Gasteiger partial charge < -0.3 is 11.1 Å². The molecule has 1 aromatic carbocycles. The summed E-state index contributed by atoms with van der Waals surface area (Å²) in [6.07, 6.45) is 4.37. The van der Waals surface area contributed by atoms with Gasteiger partial charge >= 0.3 is 0 Å². The number of nitrogens with one attached hydrogen (secondary N) is 2. The maximum atomic E-state index is 12.4. The lowest BCUT2D eigenvalue weighted by Gasteiger charge is -2.23. The van der Waals surface area contributed by atoms with Crippen molar-refractivity contribution in [1.82, 2.24) is 10.2 Å². The molecule has 1 saturated heterocycles. The first kappa shape index (κ1) is 16.5. The molecule has 1 atom stereocenters. The molecule has 0 aliphatic carbocycles. The molecule has 1 heterocycles. The highest BCUT2D eigenvalue weighted by molar-refractivity contribution is 5.94. The number of nitrogen functional groups attached to an aromatic ring is 1. The van der Waals surface area contributed by atoms with E-state index >= 15 is 0 Å². The molecule has 1 aliphatic heterocycles. The van der Waals surface area contributed by atoms with Crippen molar-refractivity contribution in [2.75, 3.05) is 13.1 Å². The zero-order valence-corrected chi connectivity index (χ0v) is 13.3. The standard InChI is InChI=1S/C17H26N4O/c1-2-3-10-21-11-4-5-15(21)17(22)20-12-13-6-8-14(9-7-13)16(18)19/h6-9,15H,2-5,10-12H2,1H3,(H3,18,19)(H,20,22)/t15-/m0/s1. The molecule has 0 saturated carbocycles. The van der Waals surface area contributed by atoms with Gasteiger partial charge in [0.25, 0.3) is 0 Å². The lowest BCUT2D eigenvalue weighted by molar-refractivity contribution is -0.125. The number of carbonyl (C=O) groups is 1. The minimum Gasteiger partial charge on any atom is -0.384 e. The van der Waals surface area contributed by atoms with Crippen LogP contribution in [0.5, 0.6) is 0 Å². The maximum absolute atomic E-state index is 12.4. The molecule has 2 rings (SSSR count). The van der Waals surface area contributed by atoms with Gasteiger partial charge in [-0.15, -0.1) is 0 Å². The van der Waals surface area contributed by atoms with Crippen molar-refractivity contribution in [2.24, 2.45) is 5.73 Å². The molecule has 1 fully saturated rings. The fourth-order valence-electron chi connectivity index (χ4n) is 2.86. The quantitative estimate of drug-likeness (QED) is 0.531. The second-order valence-electron chi connectivity index (χ2n) is 5.88. The van der Waals surface area contributed by atoms with Crippen molar-refractivity contribution < 1.29 is 4.79 Å². The monoisotopic (exact) mass is 302 g/mol. The van der Waals surface area contributed by atoms with Gasteiger partial charge in [-0.25, -0.2) is 0 Å². The van der Waals surface area contributed by atoms with Crippen LogP contribution in [-0.4, -0.2) is 35.8 Å². The molecule has 0 aromatic heterocycles. The predicted molar refractivity (Wildman–Crippen MR) is 88.8 cm³/mol. The summed E-state index contributed by atoms with van der Waals surface area (Å²) in [4.78, 5) is 14.7. The molecule has 0 bridgehead atoms. The van der Waals surface area contributed by atoms with Crippen molar-refractivity contribution in [1.29, 1.82) is 5.41 Å². The van der Waals surface area contributed by atoms with Crippen molar-refractivity contribution in [2.45, 2.75) is 45.2 Å². The Balaban J connectivity index is 1.85. The first-order valence-electron chi connectivity index (χ1n) is 8.07. The molecule has 0 unspecified atom stereocenters. The Morgan fingerprint density at radius 2 is 2.14 bits per heavy atom. The third-order valence-corrected chi connectivity index (χ3v) is 4.20. The normalized spacial score (nSPS) is 18.3. The highest BCUT2D eigenvalue weighted by Gasteiger charge is 2.29. The second-order valence-corrected chi connectivity index (χ2v) is 5.88. The van der Waals surface area contributed by atoms with E-state index < -0.39 is 0 Å². The van der Waals surface area contributed by atoms with Crippen LogP contribution in [0.25, 0.3) is 0 Å². The summed E-state index contributed by atoms with van der Waals surface area (Å²) in [5.41, 5.74) is 7.16. The number of nitrogens with zero attached hydrogens (tertiary/aromatic N) is 1. The zero-order valence-electron chi connectivity index (χ0n) is 13.3.